The summed E-state index contributed by atoms with van der Waals surface area (Å²) < 4.78 is 0. The molecule has 4 nitrogen and oxygen atoms in total. The second kappa shape index (κ2) is 7.29. The Balaban J connectivity index is 1.96. The first kappa shape index (κ1) is 14.9. The number of likely N-dealkylation sites (tertiary alicyclic amines) is 1. The third kappa shape index (κ3) is 3.97. The normalized spacial score (nSPS) is 16.2. The molecule has 1 aromatic carbocycles. The summed E-state index contributed by atoms with van der Waals surface area (Å²) in [4.78, 5) is 13.9. The van der Waals surface area contributed by atoms with Crippen LogP contribution >= 0.6 is 0 Å². The van der Waals surface area contributed by atoms with Gasteiger partial charge in [-0.3, -0.25) is 0 Å². The third-order valence-corrected chi connectivity index (χ3v) is 3.73. The Morgan fingerprint density at radius 1 is 1.35 bits per heavy atom. The lowest BCUT2D eigenvalue weighted by Gasteiger charge is -2.18. The van der Waals surface area contributed by atoms with Gasteiger partial charge in [-0.2, -0.15) is 0 Å². The number of hydrogen-bond donors (Lipinski definition) is 2. The van der Waals surface area contributed by atoms with Gasteiger partial charge >= 0.3 is 6.03 Å². The summed E-state index contributed by atoms with van der Waals surface area (Å²) in [5.41, 5.74) is 2.09. The van der Waals surface area contributed by atoms with E-state index in [1.54, 1.807) is 0 Å². The maximum atomic E-state index is 12.1. The lowest BCUT2D eigenvalue weighted by Crippen LogP contribution is -2.32. The van der Waals surface area contributed by atoms with Crippen LogP contribution in [0.1, 0.15) is 44.7 Å². The number of nitrogens with zero attached hydrogens (tertiary/aromatic N) is 1. The summed E-state index contributed by atoms with van der Waals surface area (Å²) in [5, 5.41) is 6.46. The van der Waals surface area contributed by atoms with Crippen molar-refractivity contribution < 1.29 is 4.79 Å². The zero-order valence-corrected chi connectivity index (χ0v) is 12.5. The van der Waals surface area contributed by atoms with Crippen molar-refractivity contribution in [2.45, 2.75) is 39.2 Å². The fourth-order valence-corrected chi connectivity index (χ4v) is 2.49. The third-order valence-electron chi connectivity index (χ3n) is 3.73. The van der Waals surface area contributed by atoms with E-state index in [4.69, 9.17) is 0 Å². The molecule has 0 saturated carbocycles. The molecule has 0 aromatic heterocycles. The molecule has 1 heterocycles. The molecule has 2 rings (SSSR count). The highest BCUT2D eigenvalue weighted by atomic mass is 16.2. The Hall–Kier alpha value is -1.55. The van der Waals surface area contributed by atoms with E-state index in [2.05, 4.69) is 36.6 Å². The predicted molar refractivity (Wildman–Crippen MR) is 83.0 cm³/mol. The number of urea groups is 1. The number of hydrogen-bond acceptors (Lipinski definition) is 2. The maximum absolute atomic E-state index is 12.1. The van der Waals surface area contributed by atoms with Crippen LogP contribution in [0.4, 0.5) is 10.5 Å². The number of carbonyl (C=O) groups excluding carboxylic acids is 1. The van der Waals surface area contributed by atoms with Gasteiger partial charge in [-0.05, 0) is 50.4 Å². The van der Waals surface area contributed by atoms with E-state index in [-0.39, 0.29) is 6.03 Å². The Morgan fingerprint density at radius 3 is 2.80 bits per heavy atom. The molecule has 2 amide bonds. The molecule has 110 valence electrons. The Morgan fingerprint density at radius 2 is 2.10 bits per heavy atom. The van der Waals surface area contributed by atoms with E-state index in [9.17, 15) is 4.79 Å². The molecule has 0 spiro atoms. The average molecular weight is 275 g/mol. The van der Waals surface area contributed by atoms with Crippen LogP contribution in [0.15, 0.2) is 24.3 Å². The standard InChI is InChI=1S/C16H25N3O/c1-3-9-17-13(2)14-7-6-8-15(12-14)18-16(20)19-10-4-5-11-19/h6-8,12-13,17H,3-5,9-11H2,1-2H3,(H,18,20). The molecule has 1 saturated heterocycles. The largest absolute Gasteiger partial charge is 0.325 e. The molecule has 20 heavy (non-hydrogen) atoms. The van der Waals surface area contributed by atoms with E-state index < -0.39 is 0 Å². The first-order chi connectivity index (χ1) is 9.70. The van der Waals surface area contributed by atoms with Gasteiger partial charge in [-0.25, -0.2) is 4.79 Å². The van der Waals surface area contributed by atoms with Crippen LogP contribution in [0.2, 0.25) is 0 Å². The minimum absolute atomic E-state index is 0.0221. The number of amides is 2. The van der Waals surface area contributed by atoms with Crippen molar-refractivity contribution in [1.82, 2.24) is 10.2 Å². The number of rotatable bonds is 5. The van der Waals surface area contributed by atoms with E-state index in [0.717, 1.165) is 44.6 Å². The molecule has 1 aromatic rings. The molecule has 1 atom stereocenters. The number of anilines is 1. The molecule has 0 radical (unpaired) electrons. The second-order valence-electron chi connectivity index (χ2n) is 5.43. The van der Waals surface area contributed by atoms with Gasteiger partial charge in [0.15, 0.2) is 0 Å². The molecule has 1 aliphatic heterocycles. The maximum Gasteiger partial charge on any atom is 0.321 e. The van der Waals surface area contributed by atoms with Crippen molar-refractivity contribution in [3.8, 4) is 0 Å². The van der Waals surface area contributed by atoms with Gasteiger partial charge in [0.05, 0.1) is 0 Å². The highest BCUT2D eigenvalue weighted by Gasteiger charge is 2.17. The van der Waals surface area contributed by atoms with E-state index in [1.807, 2.05) is 17.0 Å². The fraction of sp³-hybridized carbons (Fsp3) is 0.562. The number of benzene rings is 1. The highest BCUT2D eigenvalue weighted by Crippen LogP contribution is 2.18. The number of carbonyl (C=O) groups is 1. The van der Waals surface area contributed by atoms with Crippen LogP contribution in [-0.4, -0.2) is 30.6 Å². The highest BCUT2D eigenvalue weighted by molar-refractivity contribution is 5.89. The molecule has 2 N–H and O–H groups in total. The van der Waals surface area contributed by atoms with Gasteiger partial charge in [-0.15, -0.1) is 0 Å². The lowest BCUT2D eigenvalue weighted by atomic mass is 10.1. The van der Waals surface area contributed by atoms with Gasteiger partial charge in [0.2, 0.25) is 0 Å². The summed E-state index contributed by atoms with van der Waals surface area (Å²) in [6.45, 7) is 7.06. The van der Waals surface area contributed by atoms with Gasteiger partial charge in [-0.1, -0.05) is 19.1 Å². The molecular formula is C16H25N3O. The van der Waals surface area contributed by atoms with E-state index in [0.29, 0.717) is 6.04 Å². The smallest absolute Gasteiger partial charge is 0.321 e. The molecule has 1 unspecified atom stereocenters. The van der Waals surface area contributed by atoms with E-state index >= 15 is 0 Å². The van der Waals surface area contributed by atoms with Crippen molar-refractivity contribution in [1.29, 1.82) is 0 Å². The summed E-state index contributed by atoms with van der Waals surface area (Å²) in [5.74, 6) is 0. The van der Waals surface area contributed by atoms with Crippen LogP contribution < -0.4 is 10.6 Å². The SMILES string of the molecule is CCCNC(C)c1cccc(NC(=O)N2CCCC2)c1. The fourth-order valence-electron chi connectivity index (χ4n) is 2.49. The quantitative estimate of drug-likeness (QED) is 0.865. The van der Waals surface area contributed by atoms with Crippen LogP contribution in [0.5, 0.6) is 0 Å². The van der Waals surface area contributed by atoms with Crippen molar-refractivity contribution in [3.63, 3.8) is 0 Å². The minimum Gasteiger partial charge on any atom is -0.325 e. The Labute approximate surface area is 121 Å². The summed E-state index contributed by atoms with van der Waals surface area (Å²) in [7, 11) is 0. The summed E-state index contributed by atoms with van der Waals surface area (Å²) >= 11 is 0. The van der Waals surface area contributed by atoms with Gasteiger partial charge in [0.1, 0.15) is 0 Å². The average Bonchev–Trinajstić information content (AvgIpc) is 2.99. The summed E-state index contributed by atoms with van der Waals surface area (Å²) in [6.07, 6.45) is 3.35. The monoisotopic (exact) mass is 275 g/mol. The first-order valence-corrected chi connectivity index (χ1v) is 7.60. The minimum atomic E-state index is 0.0221. The summed E-state index contributed by atoms with van der Waals surface area (Å²) in [6, 6.07) is 8.43. The van der Waals surface area contributed by atoms with Crippen molar-refractivity contribution in [3.05, 3.63) is 29.8 Å². The van der Waals surface area contributed by atoms with Gasteiger partial charge in [0.25, 0.3) is 0 Å². The van der Waals surface area contributed by atoms with Crippen LogP contribution in [0.25, 0.3) is 0 Å². The Kier molecular flexibility index (Phi) is 5.41. The van der Waals surface area contributed by atoms with Crippen LogP contribution in [0.3, 0.4) is 0 Å². The second-order valence-corrected chi connectivity index (χ2v) is 5.43. The van der Waals surface area contributed by atoms with Crippen molar-refractivity contribution >= 4 is 11.7 Å². The first-order valence-electron chi connectivity index (χ1n) is 7.60. The lowest BCUT2D eigenvalue weighted by molar-refractivity contribution is 0.222. The van der Waals surface area contributed by atoms with Crippen molar-refractivity contribution in [2.24, 2.45) is 0 Å². The molecule has 4 heteroatoms. The van der Waals surface area contributed by atoms with E-state index in [1.165, 1.54) is 5.56 Å². The zero-order chi connectivity index (χ0) is 14.4. The molecule has 1 fully saturated rings. The topological polar surface area (TPSA) is 44.4 Å². The molecule has 0 bridgehead atoms. The van der Waals surface area contributed by atoms with Crippen LogP contribution in [-0.2, 0) is 0 Å². The van der Waals surface area contributed by atoms with Gasteiger partial charge in [0, 0.05) is 24.8 Å². The molecular weight excluding hydrogens is 250 g/mol. The van der Waals surface area contributed by atoms with Gasteiger partial charge < -0.3 is 15.5 Å². The number of nitrogens with one attached hydrogen (secondary N) is 2. The predicted octanol–water partition coefficient (Wildman–Crippen LogP) is 3.37. The molecule has 0 aliphatic carbocycles. The van der Waals surface area contributed by atoms with Crippen molar-refractivity contribution in [2.75, 3.05) is 25.0 Å². The molecule has 1 aliphatic rings. The Bertz CT molecular complexity index is 441. The zero-order valence-electron chi connectivity index (χ0n) is 12.5. The van der Waals surface area contributed by atoms with Crippen LogP contribution in [0, 0.1) is 0 Å².